The molecule has 2 nitrogen and oxygen atoms in total. The zero-order valence-electron chi connectivity index (χ0n) is 8.13. The van der Waals surface area contributed by atoms with Gasteiger partial charge in [0.2, 0.25) is 0 Å². The standard InChI is InChI=1S/C11H18O2/c12-11(7-9-1-2-9)8-10-3-5-13-6-4-10/h9-10H,1-8H2. The molecule has 1 saturated carbocycles. The lowest BCUT2D eigenvalue weighted by Gasteiger charge is -2.21. The first kappa shape index (κ1) is 9.20. The van der Waals surface area contributed by atoms with Gasteiger partial charge < -0.3 is 4.74 Å². The van der Waals surface area contributed by atoms with Crippen molar-refractivity contribution in [3.05, 3.63) is 0 Å². The number of rotatable bonds is 4. The average Bonchev–Trinajstić information content (AvgIpc) is 2.90. The van der Waals surface area contributed by atoms with Crippen LogP contribution in [-0.4, -0.2) is 19.0 Å². The van der Waals surface area contributed by atoms with Crippen molar-refractivity contribution >= 4 is 5.78 Å². The maximum absolute atomic E-state index is 11.5. The molecule has 1 aliphatic carbocycles. The Morgan fingerprint density at radius 1 is 1.00 bits per heavy atom. The fraction of sp³-hybridized carbons (Fsp3) is 0.909. The smallest absolute Gasteiger partial charge is 0.133 e. The summed E-state index contributed by atoms with van der Waals surface area (Å²) in [5.41, 5.74) is 0. The van der Waals surface area contributed by atoms with Crippen LogP contribution in [0, 0.1) is 11.8 Å². The van der Waals surface area contributed by atoms with Crippen molar-refractivity contribution in [3.8, 4) is 0 Å². The molecule has 74 valence electrons. The molecule has 2 rings (SSSR count). The molecule has 0 bridgehead atoms. The lowest BCUT2D eigenvalue weighted by Crippen LogP contribution is -2.18. The minimum atomic E-state index is 0.495. The van der Waals surface area contributed by atoms with Crippen LogP contribution in [0.4, 0.5) is 0 Å². The molecule has 0 aromatic heterocycles. The quantitative estimate of drug-likeness (QED) is 0.666. The highest BCUT2D eigenvalue weighted by atomic mass is 16.5. The molecular weight excluding hydrogens is 164 g/mol. The van der Waals surface area contributed by atoms with E-state index in [2.05, 4.69) is 0 Å². The Bertz CT molecular complexity index is 179. The Hall–Kier alpha value is -0.370. The van der Waals surface area contributed by atoms with Gasteiger partial charge in [0.25, 0.3) is 0 Å². The predicted molar refractivity (Wildman–Crippen MR) is 50.5 cm³/mol. The molecule has 0 aromatic carbocycles. The molecule has 1 saturated heterocycles. The lowest BCUT2D eigenvalue weighted by molar-refractivity contribution is -0.120. The van der Waals surface area contributed by atoms with Gasteiger partial charge in [0.15, 0.2) is 0 Å². The summed E-state index contributed by atoms with van der Waals surface area (Å²) < 4.78 is 5.26. The summed E-state index contributed by atoms with van der Waals surface area (Å²) in [6.45, 7) is 1.72. The molecule has 0 amide bonds. The fourth-order valence-electron chi connectivity index (χ4n) is 2.00. The number of hydrogen-bond donors (Lipinski definition) is 0. The Balaban J connectivity index is 1.66. The molecule has 0 radical (unpaired) electrons. The van der Waals surface area contributed by atoms with Crippen LogP contribution < -0.4 is 0 Å². The summed E-state index contributed by atoms with van der Waals surface area (Å²) in [5, 5.41) is 0. The van der Waals surface area contributed by atoms with Gasteiger partial charge in [-0.3, -0.25) is 4.79 Å². The Morgan fingerprint density at radius 3 is 2.08 bits per heavy atom. The van der Waals surface area contributed by atoms with Crippen LogP contribution in [0.3, 0.4) is 0 Å². The summed E-state index contributed by atoms with van der Waals surface area (Å²) in [4.78, 5) is 11.5. The molecule has 0 N–H and O–H groups in total. The largest absolute Gasteiger partial charge is 0.381 e. The first-order valence-corrected chi connectivity index (χ1v) is 5.44. The van der Waals surface area contributed by atoms with Crippen molar-refractivity contribution in [2.24, 2.45) is 11.8 Å². The Morgan fingerprint density at radius 2 is 1.54 bits per heavy atom. The molecule has 1 heterocycles. The fourth-order valence-corrected chi connectivity index (χ4v) is 2.00. The normalized spacial score (nSPS) is 24.6. The van der Waals surface area contributed by atoms with E-state index in [-0.39, 0.29) is 0 Å². The van der Waals surface area contributed by atoms with E-state index in [0.717, 1.165) is 44.8 Å². The molecule has 0 atom stereocenters. The Labute approximate surface area is 79.7 Å². The number of carbonyl (C=O) groups excluding carboxylic acids is 1. The molecule has 0 spiro atoms. The zero-order chi connectivity index (χ0) is 9.10. The van der Waals surface area contributed by atoms with Crippen LogP contribution in [-0.2, 0) is 9.53 Å². The first-order valence-electron chi connectivity index (χ1n) is 5.44. The third-order valence-corrected chi connectivity index (χ3v) is 3.07. The van der Waals surface area contributed by atoms with E-state index in [4.69, 9.17) is 4.74 Å². The van der Waals surface area contributed by atoms with Crippen molar-refractivity contribution in [1.29, 1.82) is 0 Å². The van der Waals surface area contributed by atoms with Crippen molar-refractivity contribution in [2.45, 2.75) is 38.5 Å². The topological polar surface area (TPSA) is 26.3 Å². The number of ether oxygens (including phenoxy) is 1. The summed E-state index contributed by atoms with van der Waals surface area (Å²) in [6, 6.07) is 0. The summed E-state index contributed by atoms with van der Waals surface area (Å²) >= 11 is 0. The van der Waals surface area contributed by atoms with Gasteiger partial charge in [0.1, 0.15) is 5.78 Å². The van der Waals surface area contributed by atoms with E-state index in [1.54, 1.807) is 0 Å². The zero-order valence-corrected chi connectivity index (χ0v) is 8.13. The van der Waals surface area contributed by atoms with E-state index < -0.39 is 0 Å². The second-order valence-electron chi connectivity index (χ2n) is 4.45. The molecule has 2 aliphatic rings. The van der Waals surface area contributed by atoms with Gasteiger partial charge in [0, 0.05) is 26.1 Å². The molecular formula is C11H18O2. The van der Waals surface area contributed by atoms with E-state index in [0.29, 0.717) is 11.7 Å². The SMILES string of the molecule is O=C(CC1CCOCC1)CC1CC1. The molecule has 0 unspecified atom stereocenters. The third kappa shape index (κ3) is 3.11. The molecule has 13 heavy (non-hydrogen) atoms. The lowest BCUT2D eigenvalue weighted by atomic mass is 9.93. The van der Waals surface area contributed by atoms with Crippen molar-refractivity contribution in [3.63, 3.8) is 0 Å². The highest BCUT2D eigenvalue weighted by Crippen LogP contribution is 2.33. The van der Waals surface area contributed by atoms with Crippen LogP contribution in [0.25, 0.3) is 0 Å². The summed E-state index contributed by atoms with van der Waals surface area (Å²) in [6.07, 6.45) is 6.45. The predicted octanol–water partition coefficient (Wildman–Crippen LogP) is 2.17. The Kier molecular flexibility index (Phi) is 2.99. The maximum atomic E-state index is 11.5. The van der Waals surface area contributed by atoms with Crippen LogP contribution in [0.1, 0.15) is 38.5 Å². The molecule has 0 aromatic rings. The van der Waals surface area contributed by atoms with Crippen LogP contribution in [0.15, 0.2) is 0 Å². The van der Waals surface area contributed by atoms with Gasteiger partial charge in [0.05, 0.1) is 0 Å². The van der Waals surface area contributed by atoms with Gasteiger partial charge in [-0.1, -0.05) is 0 Å². The minimum Gasteiger partial charge on any atom is -0.381 e. The van der Waals surface area contributed by atoms with E-state index >= 15 is 0 Å². The van der Waals surface area contributed by atoms with E-state index in [9.17, 15) is 4.79 Å². The highest BCUT2D eigenvalue weighted by molar-refractivity contribution is 5.79. The molecule has 2 heteroatoms. The van der Waals surface area contributed by atoms with Crippen molar-refractivity contribution in [1.82, 2.24) is 0 Å². The number of carbonyl (C=O) groups is 1. The van der Waals surface area contributed by atoms with Gasteiger partial charge in [-0.25, -0.2) is 0 Å². The monoisotopic (exact) mass is 182 g/mol. The number of hydrogen-bond acceptors (Lipinski definition) is 2. The van der Waals surface area contributed by atoms with Crippen molar-refractivity contribution in [2.75, 3.05) is 13.2 Å². The number of Topliss-reactive ketones (excluding diaryl/α,β-unsaturated/α-hetero) is 1. The maximum Gasteiger partial charge on any atom is 0.133 e. The first-order chi connectivity index (χ1) is 6.34. The second kappa shape index (κ2) is 4.23. The van der Waals surface area contributed by atoms with Gasteiger partial charge >= 0.3 is 0 Å². The van der Waals surface area contributed by atoms with Gasteiger partial charge in [-0.05, 0) is 37.5 Å². The van der Waals surface area contributed by atoms with E-state index in [1.807, 2.05) is 0 Å². The minimum absolute atomic E-state index is 0.495. The van der Waals surface area contributed by atoms with Crippen LogP contribution >= 0.6 is 0 Å². The molecule has 2 fully saturated rings. The number of ketones is 1. The highest BCUT2D eigenvalue weighted by Gasteiger charge is 2.26. The second-order valence-corrected chi connectivity index (χ2v) is 4.45. The van der Waals surface area contributed by atoms with Crippen molar-refractivity contribution < 1.29 is 9.53 Å². The van der Waals surface area contributed by atoms with Gasteiger partial charge in [-0.15, -0.1) is 0 Å². The van der Waals surface area contributed by atoms with E-state index in [1.165, 1.54) is 12.8 Å². The average molecular weight is 182 g/mol. The summed E-state index contributed by atoms with van der Waals surface area (Å²) in [5.74, 6) is 1.88. The van der Waals surface area contributed by atoms with Crippen LogP contribution in [0.2, 0.25) is 0 Å². The summed E-state index contributed by atoms with van der Waals surface area (Å²) in [7, 11) is 0. The van der Waals surface area contributed by atoms with Crippen LogP contribution in [0.5, 0.6) is 0 Å². The third-order valence-electron chi connectivity index (χ3n) is 3.07. The molecule has 1 aliphatic heterocycles. The van der Waals surface area contributed by atoms with Gasteiger partial charge in [-0.2, -0.15) is 0 Å².